The average Bonchev–Trinajstić information content (AvgIpc) is 2.62. The van der Waals surface area contributed by atoms with E-state index >= 15 is 0 Å². The Labute approximate surface area is 134 Å². The molecule has 1 N–H and O–H groups in total. The maximum Gasteiger partial charge on any atom is 0.248 e. The third kappa shape index (κ3) is 3.18. The van der Waals surface area contributed by atoms with E-state index in [-0.39, 0.29) is 11.8 Å². The maximum absolute atomic E-state index is 12.2. The fraction of sp³-hybridized carbons (Fsp3) is 0.222. The average molecular weight is 310 g/mol. The standard InChI is InChI=1S/C18H18N2O3/c1-22-14-7-3-12(4-8-14)16-11-17(19-20-18(16)21)13-5-9-15(23-2)10-6-13/h3-10,16H,11H2,1-2H3,(H,20,21). The highest BCUT2D eigenvalue weighted by Crippen LogP contribution is 2.27. The first-order chi connectivity index (χ1) is 11.2. The molecule has 0 fully saturated rings. The Morgan fingerprint density at radius 3 is 2.09 bits per heavy atom. The van der Waals surface area contributed by atoms with Gasteiger partial charge in [-0.05, 0) is 47.5 Å². The molecule has 0 aromatic heterocycles. The van der Waals surface area contributed by atoms with Crippen LogP contribution in [0.25, 0.3) is 0 Å². The summed E-state index contributed by atoms with van der Waals surface area (Å²) in [6.07, 6.45) is 0.560. The minimum Gasteiger partial charge on any atom is -0.497 e. The Morgan fingerprint density at radius 1 is 0.957 bits per heavy atom. The molecular weight excluding hydrogens is 292 g/mol. The van der Waals surface area contributed by atoms with Crippen molar-refractivity contribution in [3.63, 3.8) is 0 Å². The molecule has 1 aliphatic heterocycles. The van der Waals surface area contributed by atoms with Gasteiger partial charge in [-0.3, -0.25) is 4.79 Å². The van der Waals surface area contributed by atoms with Gasteiger partial charge in [-0.15, -0.1) is 0 Å². The molecule has 1 unspecified atom stereocenters. The largest absolute Gasteiger partial charge is 0.497 e. The van der Waals surface area contributed by atoms with Crippen molar-refractivity contribution in [2.24, 2.45) is 5.10 Å². The van der Waals surface area contributed by atoms with Crippen molar-refractivity contribution in [1.29, 1.82) is 0 Å². The number of carbonyl (C=O) groups is 1. The number of benzene rings is 2. The van der Waals surface area contributed by atoms with Crippen LogP contribution in [0.5, 0.6) is 11.5 Å². The minimum absolute atomic E-state index is 0.0903. The van der Waals surface area contributed by atoms with E-state index in [9.17, 15) is 4.79 Å². The summed E-state index contributed by atoms with van der Waals surface area (Å²) in [6.45, 7) is 0. The monoisotopic (exact) mass is 310 g/mol. The third-order valence-corrected chi connectivity index (χ3v) is 3.96. The topological polar surface area (TPSA) is 59.9 Å². The number of ether oxygens (including phenoxy) is 2. The fourth-order valence-electron chi connectivity index (χ4n) is 2.60. The molecule has 0 saturated carbocycles. The van der Waals surface area contributed by atoms with Gasteiger partial charge in [0.05, 0.1) is 25.8 Å². The van der Waals surface area contributed by atoms with E-state index in [2.05, 4.69) is 10.5 Å². The minimum atomic E-state index is -0.254. The Balaban J connectivity index is 1.83. The number of amides is 1. The summed E-state index contributed by atoms with van der Waals surface area (Å²) in [5, 5.41) is 4.20. The Hall–Kier alpha value is -2.82. The summed E-state index contributed by atoms with van der Waals surface area (Å²) in [4.78, 5) is 12.2. The van der Waals surface area contributed by atoms with Gasteiger partial charge in [-0.2, -0.15) is 5.10 Å². The smallest absolute Gasteiger partial charge is 0.248 e. The SMILES string of the molecule is COc1ccc(C2=NNC(=O)C(c3ccc(OC)cc3)C2)cc1. The van der Waals surface area contributed by atoms with Crippen LogP contribution in [0.3, 0.4) is 0 Å². The molecule has 1 amide bonds. The van der Waals surface area contributed by atoms with Crippen LogP contribution in [0.15, 0.2) is 53.6 Å². The first kappa shape index (κ1) is 15.1. The molecular formula is C18H18N2O3. The second-order valence-corrected chi connectivity index (χ2v) is 5.29. The van der Waals surface area contributed by atoms with Gasteiger partial charge in [0, 0.05) is 6.42 Å². The number of hydrogen-bond acceptors (Lipinski definition) is 4. The first-order valence-electron chi connectivity index (χ1n) is 7.36. The van der Waals surface area contributed by atoms with Crippen molar-refractivity contribution >= 4 is 11.6 Å². The summed E-state index contributed by atoms with van der Waals surface area (Å²) in [5.74, 6) is 1.22. The van der Waals surface area contributed by atoms with E-state index in [1.807, 2.05) is 48.5 Å². The molecule has 0 spiro atoms. The molecule has 0 radical (unpaired) electrons. The molecule has 0 bridgehead atoms. The van der Waals surface area contributed by atoms with Crippen molar-refractivity contribution < 1.29 is 14.3 Å². The molecule has 3 rings (SSSR count). The van der Waals surface area contributed by atoms with E-state index < -0.39 is 0 Å². The Bertz CT molecular complexity index is 721. The van der Waals surface area contributed by atoms with E-state index in [4.69, 9.17) is 9.47 Å². The lowest BCUT2D eigenvalue weighted by molar-refractivity contribution is -0.122. The number of nitrogens with one attached hydrogen (secondary N) is 1. The summed E-state index contributed by atoms with van der Waals surface area (Å²) in [5.41, 5.74) is 5.40. The molecule has 23 heavy (non-hydrogen) atoms. The predicted molar refractivity (Wildman–Crippen MR) is 88.0 cm³/mol. The van der Waals surface area contributed by atoms with Crippen LogP contribution in [0, 0.1) is 0 Å². The Morgan fingerprint density at radius 2 is 1.52 bits per heavy atom. The van der Waals surface area contributed by atoms with Crippen LogP contribution in [0.1, 0.15) is 23.5 Å². The van der Waals surface area contributed by atoms with Crippen molar-refractivity contribution in [1.82, 2.24) is 5.43 Å². The van der Waals surface area contributed by atoms with Crippen molar-refractivity contribution in [3.05, 3.63) is 59.7 Å². The van der Waals surface area contributed by atoms with Gasteiger partial charge in [0.2, 0.25) is 5.91 Å². The van der Waals surface area contributed by atoms with Crippen molar-refractivity contribution in [2.45, 2.75) is 12.3 Å². The van der Waals surface area contributed by atoms with Crippen LogP contribution >= 0.6 is 0 Å². The molecule has 1 aliphatic rings. The quantitative estimate of drug-likeness (QED) is 0.944. The lowest BCUT2D eigenvalue weighted by atomic mass is 9.89. The highest BCUT2D eigenvalue weighted by Gasteiger charge is 2.27. The van der Waals surface area contributed by atoms with Gasteiger partial charge in [0.25, 0.3) is 0 Å². The summed E-state index contributed by atoms with van der Waals surface area (Å²) in [7, 11) is 3.25. The number of rotatable bonds is 4. The molecule has 0 saturated heterocycles. The second-order valence-electron chi connectivity index (χ2n) is 5.29. The Kier molecular flexibility index (Phi) is 4.28. The lowest BCUT2D eigenvalue weighted by Gasteiger charge is -2.22. The number of hydrogen-bond donors (Lipinski definition) is 1. The van der Waals surface area contributed by atoms with Crippen LogP contribution in [-0.2, 0) is 4.79 Å². The van der Waals surface area contributed by atoms with Crippen LogP contribution < -0.4 is 14.9 Å². The number of methoxy groups -OCH3 is 2. The zero-order valence-electron chi connectivity index (χ0n) is 13.1. The molecule has 2 aromatic carbocycles. The zero-order chi connectivity index (χ0) is 16.2. The van der Waals surface area contributed by atoms with Crippen molar-refractivity contribution in [3.8, 4) is 11.5 Å². The molecule has 1 atom stereocenters. The number of carbonyl (C=O) groups excluding carboxylic acids is 1. The van der Waals surface area contributed by atoms with E-state index in [1.54, 1.807) is 14.2 Å². The molecule has 0 aliphatic carbocycles. The van der Waals surface area contributed by atoms with Crippen LogP contribution in [0.4, 0.5) is 0 Å². The predicted octanol–water partition coefficient (Wildman–Crippen LogP) is 2.71. The van der Waals surface area contributed by atoms with Gasteiger partial charge in [-0.25, -0.2) is 5.43 Å². The summed E-state index contributed by atoms with van der Waals surface area (Å²) < 4.78 is 10.3. The van der Waals surface area contributed by atoms with Gasteiger partial charge in [0.1, 0.15) is 11.5 Å². The fourth-order valence-corrected chi connectivity index (χ4v) is 2.60. The molecule has 118 valence electrons. The molecule has 2 aromatic rings. The van der Waals surface area contributed by atoms with Crippen LogP contribution in [0.2, 0.25) is 0 Å². The first-order valence-corrected chi connectivity index (χ1v) is 7.36. The van der Waals surface area contributed by atoms with E-state index in [0.29, 0.717) is 6.42 Å². The summed E-state index contributed by atoms with van der Waals surface area (Å²) >= 11 is 0. The summed E-state index contributed by atoms with van der Waals surface area (Å²) in [6, 6.07) is 15.2. The second kappa shape index (κ2) is 6.52. The highest BCUT2D eigenvalue weighted by molar-refractivity contribution is 6.06. The normalized spacial score (nSPS) is 17.2. The van der Waals surface area contributed by atoms with E-state index in [0.717, 1.165) is 28.3 Å². The van der Waals surface area contributed by atoms with Crippen molar-refractivity contribution in [2.75, 3.05) is 14.2 Å². The maximum atomic E-state index is 12.2. The van der Waals surface area contributed by atoms with Crippen LogP contribution in [-0.4, -0.2) is 25.8 Å². The molecule has 5 heteroatoms. The third-order valence-electron chi connectivity index (χ3n) is 3.96. The van der Waals surface area contributed by atoms with Gasteiger partial charge in [-0.1, -0.05) is 12.1 Å². The molecule has 1 heterocycles. The zero-order valence-corrected chi connectivity index (χ0v) is 13.1. The number of hydrazone groups is 1. The van der Waals surface area contributed by atoms with Gasteiger partial charge >= 0.3 is 0 Å². The lowest BCUT2D eigenvalue weighted by Crippen LogP contribution is -2.33. The van der Waals surface area contributed by atoms with E-state index in [1.165, 1.54) is 0 Å². The highest BCUT2D eigenvalue weighted by atomic mass is 16.5. The van der Waals surface area contributed by atoms with Gasteiger partial charge < -0.3 is 9.47 Å². The van der Waals surface area contributed by atoms with Gasteiger partial charge in [0.15, 0.2) is 0 Å². The molecule has 5 nitrogen and oxygen atoms in total. The number of nitrogens with zero attached hydrogens (tertiary/aromatic N) is 1.